The number of nitrogens with zero attached hydrogens (tertiary/aromatic N) is 2. The Bertz CT molecular complexity index is 7320. The van der Waals surface area contributed by atoms with Crippen molar-refractivity contribution < 1.29 is 28.8 Å². The van der Waals surface area contributed by atoms with Crippen molar-refractivity contribution in [2.45, 2.75) is 328 Å². The van der Waals surface area contributed by atoms with Crippen LogP contribution >= 0.6 is 0 Å². The van der Waals surface area contributed by atoms with Gasteiger partial charge in [0.2, 0.25) is 0 Å². The van der Waals surface area contributed by atoms with Gasteiger partial charge in [-0.15, -0.1) is 0 Å². The predicted molar refractivity (Wildman–Crippen MR) is 552 cm³/mol. The zero-order chi connectivity index (χ0) is 110. The van der Waals surface area contributed by atoms with Gasteiger partial charge in [0.1, 0.15) is 0 Å². The van der Waals surface area contributed by atoms with Crippen LogP contribution in [0.2, 0.25) is 0 Å². The van der Waals surface area contributed by atoms with Crippen LogP contribution in [0.3, 0.4) is 0 Å². The summed E-state index contributed by atoms with van der Waals surface area (Å²) >= 11 is 0. The summed E-state index contributed by atoms with van der Waals surface area (Å²) in [5, 5.41) is 0. The summed E-state index contributed by atoms with van der Waals surface area (Å²) in [6.45, 7) is 75.0. The molecule has 2 heterocycles. The molecule has 2 aliphatic heterocycles. The topological polar surface area (TPSA) is 6.48 Å². The lowest BCUT2D eigenvalue weighted by Gasteiger charge is -2.47. The first-order chi connectivity index (χ1) is 66.2. The second kappa shape index (κ2) is 31.1. The first-order valence-corrected chi connectivity index (χ1v) is 45.1. The Morgan fingerprint density at radius 2 is 0.600 bits per heavy atom. The van der Waals surface area contributed by atoms with Crippen molar-refractivity contribution in [1.82, 2.24) is 0 Å². The lowest BCUT2D eigenvalue weighted by atomic mass is 9.33. The van der Waals surface area contributed by atoms with Crippen LogP contribution in [-0.2, 0) is 65.0 Å². The summed E-state index contributed by atoms with van der Waals surface area (Å²) in [4.78, 5) is 4.05. The van der Waals surface area contributed by atoms with Crippen molar-refractivity contribution in [1.29, 1.82) is 0 Å². The summed E-state index contributed by atoms with van der Waals surface area (Å²) in [5.74, 6) is 0. The fourth-order valence-electron chi connectivity index (χ4n) is 18.1. The molecule has 0 radical (unpaired) electrons. The highest BCUT2D eigenvalue weighted by Gasteiger charge is 2.48. The molecule has 0 amide bonds. The maximum Gasteiger partial charge on any atom is 0.252 e. The van der Waals surface area contributed by atoms with E-state index in [0.717, 1.165) is 33.4 Å². The van der Waals surface area contributed by atoms with E-state index in [4.69, 9.17) is 1.37 Å². The monoisotopic (exact) mass is 1670 g/mol. The normalized spacial score (nSPS) is 16.3. The fraction of sp³-hybridized carbons (Fsp3) is 0.410. The highest BCUT2D eigenvalue weighted by atomic mass is 15.2. The van der Waals surface area contributed by atoms with Gasteiger partial charge in [-0.2, -0.15) is 0 Å². The Balaban J connectivity index is 1.46. The van der Waals surface area contributed by atoms with Gasteiger partial charge >= 0.3 is 0 Å². The molecule has 14 rings (SSSR count). The number of benzene rings is 12. The molecule has 125 heavy (non-hydrogen) atoms. The van der Waals surface area contributed by atoms with Gasteiger partial charge in [0, 0.05) is 45.0 Å². The average Bonchev–Trinajstić information content (AvgIpc) is 0.672. The average molecular weight is 1680 g/mol. The second-order valence-electron chi connectivity index (χ2n) is 48.1. The van der Waals surface area contributed by atoms with E-state index >= 15 is 0 Å². The third-order valence-corrected chi connectivity index (χ3v) is 25.1. The van der Waals surface area contributed by atoms with Gasteiger partial charge in [0.15, 0.2) is 0 Å². The molecule has 0 saturated carbocycles. The van der Waals surface area contributed by atoms with E-state index in [1.165, 1.54) is 0 Å². The number of anilines is 6. The molecule has 3 heteroatoms. The highest BCUT2D eigenvalue weighted by Crippen LogP contribution is 2.60. The quantitative estimate of drug-likeness (QED) is 0.133. The van der Waals surface area contributed by atoms with E-state index in [-0.39, 0.29) is 161 Å². The van der Waals surface area contributed by atoms with Crippen molar-refractivity contribution in [3.63, 3.8) is 0 Å². The van der Waals surface area contributed by atoms with Crippen LogP contribution in [0.4, 0.5) is 34.1 Å². The lowest BCUT2D eigenvalue weighted by molar-refractivity contribution is 0.568. The standard InChI is InChI=1S/C122H149BN2/c1-74-47-58-96(120(30,31)32)106(107(74)122(36,37)38)93-73-97(121(33,34)35)75(2)104(78-50-56-85(57-51-78)112(6,7)8)110(93)125-101-66-80(81-61-86(113(9,10)11)69-87(62-81)114(12,13)14)53-60-99(101)123-98-59-52-79(76-43-40-39-41-44-76)65-100(98)124(102-67-83(68-103(125)108(102)123)82-63-88(115(15,16)17)70-89(64-82)116(18,19)20)109-91(77-48-54-84(55-49-77)111(3,4)5)71-90(117(21,22)23)72-92(109)105-94(118(24,25)26)45-42-46-95(105)119(27,28)29/h39-73H,1-38H3/i39D,40D,41D,42D,43D,44D,45D,46D,47D,48D,49D,50D,51D,54D,55D,56D,57D,58D,71D,72D,73D. The van der Waals surface area contributed by atoms with Crippen LogP contribution in [0.1, 0.15) is 356 Å². The summed E-state index contributed by atoms with van der Waals surface area (Å²) in [7, 11) is 0. The van der Waals surface area contributed by atoms with Crippen molar-refractivity contribution >= 4 is 57.2 Å². The molecule has 650 valence electrons. The van der Waals surface area contributed by atoms with Gasteiger partial charge in [-0.3, -0.25) is 0 Å². The Kier molecular flexibility index (Phi) is 16.8. The molecule has 12 aromatic rings. The molecule has 2 aliphatic rings. The summed E-state index contributed by atoms with van der Waals surface area (Å²) in [6.07, 6.45) is 0. The number of rotatable bonds is 9. The molecule has 2 nitrogen and oxygen atoms in total. The lowest BCUT2D eigenvalue weighted by Crippen LogP contribution is -2.61. The second-order valence-corrected chi connectivity index (χ2v) is 48.1. The van der Waals surface area contributed by atoms with Crippen LogP contribution in [-0.4, -0.2) is 6.71 Å². The highest BCUT2D eigenvalue weighted by molar-refractivity contribution is 7.00. The molecular weight excluding hydrogens is 1500 g/mol. The summed E-state index contributed by atoms with van der Waals surface area (Å²) in [6, 6.07) is 21.0. The molecule has 0 aromatic heterocycles. The van der Waals surface area contributed by atoms with Gasteiger partial charge in [0.05, 0.1) is 40.2 Å². The van der Waals surface area contributed by atoms with E-state index in [1.807, 2.05) is 176 Å². The summed E-state index contributed by atoms with van der Waals surface area (Å²) in [5.41, 5.74) is 2.21. The van der Waals surface area contributed by atoms with E-state index in [2.05, 4.69) is 169 Å². The van der Waals surface area contributed by atoms with Crippen molar-refractivity contribution in [3.8, 4) is 77.9 Å². The van der Waals surface area contributed by atoms with Crippen LogP contribution in [0.5, 0.6) is 0 Å². The van der Waals surface area contributed by atoms with Gasteiger partial charge in [-0.1, -0.05) is 419 Å². The van der Waals surface area contributed by atoms with Crippen LogP contribution in [0.25, 0.3) is 77.9 Å². The Morgan fingerprint density at radius 3 is 1.01 bits per heavy atom. The van der Waals surface area contributed by atoms with Crippen LogP contribution < -0.4 is 26.2 Å². The molecular formula is C122H149BN2. The smallest absolute Gasteiger partial charge is 0.252 e. The number of hydrogen-bond donors (Lipinski definition) is 0. The van der Waals surface area contributed by atoms with Crippen LogP contribution in [0.15, 0.2) is 212 Å². The van der Waals surface area contributed by atoms with Gasteiger partial charge in [-0.05, 0) is 271 Å². The van der Waals surface area contributed by atoms with Gasteiger partial charge in [0.25, 0.3) is 6.71 Å². The Morgan fingerprint density at radius 1 is 0.240 bits per heavy atom. The maximum absolute atomic E-state index is 12.2. The van der Waals surface area contributed by atoms with E-state index in [9.17, 15) is 27.4 Å². The van der Waals surface area contributed by atoms with E-state index in [0.29, 0.717) is 72.3 Å². The minimum atomic E-state index is -1.25. The molecule has 0 bridgehead atoms. The molecule has 12 aromatic carbocycles. The third-order valence-electron chi connectivity index (χ3n) is 25.1. The van der Waals surface area contributed by atoms with Gasteiger partial charge in [-0.25, -0.2) is 0 Å². The molecule has 0 atom stereocenters. The maximum atomic E-state index is 12.2. The minimum Gasteiger partial charge on any atom is -0.310 e. The Hall–Kier alpha value is -9.70. The van der Waals surface area contributed by atoms with Gasteiger partial charge < -0.3 is 9.80 Å². The summed E-state index contributed by atoms with van der Waals surface area (Å²) < 4.78 is 224. The van der Waals surface area contributed by atoms with Crippen molar-refractivity contribution in [3.05, 3.63) is 290 Å². The zero-order valence-electron chi connectivity index (χ0n) is 104. The first kappa shape index (κ1) is 67.6. The molecule has 0 saturated heterocycles. The van der Waals surface area contributed by atoms with E-state index in [1.54, 1.807) is 12.1 Å². The van der Waals surface area contributed by atoms with Crippen molar-refractivity contribution in [2.75, 3.05) is 9.80 Å². The largest absolute Gasteiger partial charge is 0.310 e. The SMILES string of the molecule is [2H]c1c([2H])c([2H])c(-c2ccc3c(c2)N(c2c(-c4c([2H])c([2H])c(C(C)(C)C)c([2H])c4[2H])c([2H])c(C(C)(C)C)c([2H])c2-c2c(C(C)(C)C)c([2H])c([2H])c([2H])c2C(C)(C)C)c2cc(-c4cc(C(C)(C)C)cc(C(C)(C)C)c4)cc4c2B3c2ccc(-c3cc(C(C)(C)C)cc(C(C)(C)C)c3)cc2N4c2c(-c3c(C(C)(C)C)c([2H])c([2H])c(C)c3C(C)(C)C)c([2H])c(C(C)(C)C)c(C)c2-c2c([2H])c([2H])c(C(C)(C)C)c([2H])c2[2H])c([2H])c1[2H]. The molecule has 0 fully saturated rings. The number of fused-ring (bicyclic) bond motifs is 4. The molecule has 0 N–H and O–H groups in total. The molecule has 0 spiro atoms. The van der Waals surface area contributed by atoms with Crippen LogP contribution in [0, 0.1) is 13.8 Å². The minimum absolute atomic E-state index is 0.00217. The Labute approximate surface area is 787 Å². The molecule has 0 aliphatic carbocycles. The van der Waals surface area contributed by atoms with Crippen molar-refractivity contribution in [2.24, 2.45) is 0 Å². The predicted octanol–water partition coefficient (Wildman–Crippen LogP) is 33.6. The molecule has 0 unspecified atom stereocenters. The number of hydrogen-bond acceptors (Lipinski definition) is 2. The third kappa shape index (κ3) is 17.5. The van der Waals surface area contributed by atoms with E-state index < -0.39 is 138 Å². The first-order valence-electron chi connectivity index (χ1n) is 55.6. The fourth-order valence-corrected chi connectivity index (χ4v) is 18.1. The zero-order valence-corrected chi connectivity index (χ0v) is 82.6.